The maximum absolute atomic E-state index is 12.4. The van der Waals surface area contributed by atoms with Gasteiger partial charge in [0.15, 0.2) is 11.5 Å². The van der Waals surface area contributed by atoms with E-state index in [1.54, 1.807) is 5.38 Å². The van der Waals surface area contributed by atoms with Crippen molar-refractivity contribution in [3.05, 3.63) is 29.3 Å². The van der Waals surface area contributed by atoms with Gasteiger partial charge in [0, 0.05) is 23.5 Å². The summed E-state index contributed by atoms with van der Waals surface area (Å²) in [6.45, 7) is 3.66. The fourth-order valence-electron chi connectivity index (χ4n) is 2.65. The van der Waals surface area contributed by atoms with Crippen LogP contribution in [0.2, 0.25) is 0 Å². The highest BCUT2D eigenvalue weighted by Crippen LogP contribution is 2.35. The molecule has 0 bridgehead atoms. The fraction of sp³-hybridized carbons (Fsp3) is 0.444. The molecule has 1 unspecified atom stereocenters. The number of benzene rings is 1. The molecule has 0 saturated carbocycles. The summed E-state index contributed by atoms with van der Waals surface area (Å²) in [7, 11) is 0. The third-order valence-corrected chi connectivity index (χ3v) is 4.94. The van der Waals surface area contributed by atoms with Gasteiger partial charge >= 0.3 is 0 Å². The largest absolute Gasteiger partial charge is 0.486 e. The SMILES string of the molecule is CCCCC(CN)NC(=O)c1csc(-c2ccc3c(c2)OCCO3)n1. The smallest absolute Gasteiger partial charge is 0.271 e. The zero-order valence-electron chi connectivity index (χ0n) is 14.3. The first-order valence-corrected chi connectivity index (χ1v) is 9.45. The zero-order chi connectivity index (χ0) is 17.6. The van der Waals surface area contributed by atoms with Crippen molar-refractivity contribution in [1.29, 1.82) is 0 Å². The molecule has 1 atom stereocenters. The number of carbonyl (C=O) groups excluding carboxylic acids is 1. The summed E-state index contributed by atoms with van der Waals surface area (Å²) in [6, 6.07) is 5.70. The van der Waals surface area contributed by atoms with Gasteiger partial charge in [-0.25, -0.2) is 4.98 Å². The minimum atomic E-state index is -0.174. The highest BCUT2D eigenvalue weighted by atomic mass is 32.1. The van der Waals surface area contributed by atoms with Crippen molar-refractivity contribution in [3.63, 3.8) is 0 Å². The minimum absolute atomic E-state index is 0.00751. The van der Waals surface area contributed by atoms with Crippen LogP contribution in [0.4, 0.5) is 0 Å². The minimum Gasteiger partial charge on any atom is -0.486 e. The molecule has 0 radical (unpaired) electrons. The van der Waals surface area contributed by atoms with Gasteiger partial charge in [-0.3, -0.25) is 4.79 Å². The van der Waals surface area contributed by atoms with E-state index in [0.29, 0.717) is 31.2 Å². The lowest BCUT2D eigenvalue weighted by Crippen LogP contribution is -2.40. The van der Waals surface area contributed by atoms with Crippen LogP contribution in [0.3, 0.4) is 0 Å². The van der Waals surface area contributed by atoms with Gasteiger partial charge in [-0.2, -0.15) is 0 Å². The molecule has 0 saturated heterocycles. The maximum Gasteiger partial charge on any atom is 0.271 e. The van der Waals surface area contributed by atoms with E-state index >= 15 is 0 Å². The van der Waals surface area contributed by atoms with Crippen LogP contribution in [0, 0.1) is 0 Å². The van der Waals surface area contributed by atoms with Crippen molar-refractivity contribution in [3.8, 4) is 22.1 Å². The lowest BCUT2D eigenvalue weighted by atomic mass is 10.1. The molecule has 0 aliphatic carbocycles. The van der Waals surface area contributed by atoms with Crippen LogP contribution in [0.5, 0.6) is 11.5 Å². The Kier molecular flexibility index (Phi) is 5.88. The topological polar surface area (TPSA) is 86.5 Å². The molecule has 7 heteroatoms. The van der Waals surface area contributed by atoms with Crippen LogP contribution in [0.25, 0.3) is 10.6 Å². The van der Waals surface area contributed by atoms with Crippen molar-refractivity contribution in [1.82, 2.24) is 10.3 Å². The van der Waals surface area contributed by atoms with E-state index in [1.807, 2.05) is 18.2 Å². The van der Waals surface area contributed by atoms with Gasteiger partial charge in [-0.05, 0) is 24.6 Å². The van der Waals surface area contributed by atoms with Crippen LogP contribution in [-0.2, 0) is 0 Å². The highest BCUT2D eigenvalue weighted by Gasteiger charge is 2.17. The molecule has 3 N–H and O–H groups in total. The first kappa shape index (κ1) is 17.7. The van der Waals surface area contributed by atoms with Gasteiger partial charge < -0.3 is 20.5 Å². The molecule has 134 valence electrons. The number of amides is 1. The molecule has 6 nitrogen and oxygen atoms in total. The van der Waals surface area contributed by atoms with Crippen LogP contribution >= 0.6 is 11.3 Å². The normalized spacial score (nSPS) is 14.2. The predicted octanol–water partition coefficient (Wildman–Crippen LogP) is 2.83. The Morgan fingerprint density at radius 2 is 2.16 bits per heavy atom. The van der Waals surface area contributed by atoms with Gasteiger partial charge in [0.2, 0.25) is 0 Å². The molecule has 25 heavy (non-hydrogen) atoms. The molecular formula is C18H23N3O3S. The summed E-state index contributed by atoms with van der Waals surface area (Å²) in [6.07, 6.45) is 3.01. The monoisotopic (exact) mass is 361 g/mol. The first-order valence-electron chi connectivity index (χ1n) is 8.57. The molecule has 1 aromatic carbocycles. The van der Waals surface area contributed by atoms with Crippen LogP contribution in [0.15, 0.2) is 23.6 Å². The lowest BCUT2D eigenvalue weighted by Gasteiger charge is -2.18. The van der Waals surface area contributed by atoms with E-state index in [9.17, 15) is 4.79 Å². The van der Waals surface area contributed by atoms with Crippen molar-refractivity contribution >= 4 is 17.2 Å². The summed E-state index contributed by atoms with van der Waals surface area (Å²) >= 11 is 1.43. The number of rotatable bonds is 7. The molecule has 2 heterocycles. The molecular weight excluding hydrogens is 338 g/mol. The van der Waals surface area contributed by atoms with E-state index in [0.717, 1.165) is 35.6 Å². The quantitative estimate of drug-likeness (QED) is 0.792. The van der Waals surface area contributed by atoms with Gasteiger partial charge in [-0.1, -0.05) is 19.8 Å². The van der Waals surface area contributed by atoms with E-state index in [1.165, 1.54) is 11.3 Å². The number of fused-ring (bicyclic) bond motifs is 1. The summed E-state index contributed by atoms with van der Waals surface area (Å²) in [4.78, 5) is 16.9. The second kappa shape index (κ2) is 8.31. The van der Waals surface area contributed by atoms with Gasteiger partial charge in [0.05, 0.1) is 0 Å². The Hall–Kier alpha value is -2.12. The first-order chi connectivity index (χ1) is 12.2. The van der Waals surface area contributed by atoms with E-state index in [-0.39, 0.29) is 11.9 Å². The number of unbranched alkanes of at least 4 members (excludes halogenated alkanes) is 1. The highest BCUT2D eigenvalue weighted by molar-refractivity contribution is 7.13. The number of ether oxygens (including phenoxy) is 2. The summed E-state index contributed by atoms with van der Waals surface area (Å²) in [5, 5.41) is 5.52. The molecule has 3 rings (SSSR count). The number of nitrogens with zero attached hydrogens (tertiary/aromatic N) is 1. The Balaban J connectivity index is 1.70. The Labute approximate surface area is 151 Å². The molecule has 1 amide bonds. The third kappa shape index (κ3) is 4.29. The van der Waals surface area contributed by atoms with Crippen LogP contribution < -0.4 is 20.5 Å². The number of nitrogens with two attached hydrogens (primary N) is 1. The van der Waals surface area contributed by atoms with Crippen LogP contribution in [0.1, 0.15) is 36.7 Å². The van der Waals surface area contributed by atoms with Crippen molar-refractivity contribution in [2.24, 2.45) is 5.73 Å². The molecule has 1 aliphatic heterocycles. The standard InChI is InChI=1S/C18H23N3O3S/c1-2-3-4-13(10-19)20-17(22)14-11-25-18(21-14)12-5-6-15-16(9-12)24-8-7-23-15/h5-6,9,11,13H,2-4,7-8,10,19H2,1H3,(H,20,22). The van der Waals surface area contributed by atoms with Crippen molar-refractivity contribution in [2.45, 2.75) is 32.2 Å². The second-order valence-corrected chi connectivity index (χ2v) is 6.80. The van der Waals surface area contributed by atoms with Gasteiger partial charge in [0.1, 0.15) is 23.9 Å². The maximum atomic E-state index is 12.4. The Morgan fingerprint density at radius 1 is 1.36 bits per heavy atom. The molecule has 0 fully saturated rings. The predicted molar refractivity (Wildman–Crippen MR) is 98.4 cm³/mol. The third-order valence-electron chi connectivity index (χ3n) is 4.05. The van der Waals surface area contributed by atoms with E-state index < -0.39 is 0 Å². The number of aromatic nitrogens is 1. The number of thiazole rings is 1. The van der Waals surface area contributed by atoms with Gasteiger partial charge in [0.25, 0.3) is 5.91 Å². The number of nitrogens with one attached hydrogen (secondary N) is 1. The Bertz CT molecular complexity index is 732. The zero-order valence-corrected chi connectivity index (χ0v) is 15.1. The van der Waals surface area contributed by atoms with Crippen molar-refractivity contribution in [2.75, 3.05) is 19.8 Å². The summed E-state index contributed by atoms with van der Waals surface area (Å²) < 4.78 is 11.1. The van der Waals surface area contributed by atoms with E-state index in [2.05, 4.69) is 17.2 Å². The van der Waals surface area contributed by atoms with E-state index in [4.69, 9.17) is 15.2 Å². The summed E-state index contributed by atoms with van der Waals surface area (Å²) in [5.41, 5.74) is 7.08. The number of hydrogen-bond donors (Lipinski definition) is 2. The fourth-order valence-corrected chi connectivity index (χ4v) is 3.44. The summed E-state index contributed by atoms with van der Waals surface area (Å²) in [5.74, 6) is 1.28. The number of hydrogen-bond acceptors (Lipinski definition) is 6. The van der Waals surface area contributed by atoms with Crippen LogP contribution in [-0.4, -0.2) is 36.7 Å². The number of carbonyl (C=O) groups is 1. The lowest BCUT2D eigenvalue weighted by molar-refractivity contribution is 0.0931. The average Bonchev–Trinajstić information content (AvgIpc) is 3.15. The molecule has 1 aromatic heterocycles. The molecule has 0 spiro atoms. The molecule has 2 aromatic rings. The van der Waals surface area contributed by atoms with Gasteiger partial charge in [-0.15, -0.1) is 11.3 Å². The Morgan fingerprint density at radius 3 is 2.92 bits per heavy atom. The second-order valence-electron chi connectivity index (χ2n) is 5.94. The molecule has 1 aliphatic rings. The van der Waals surface area contributed by atoms with Crippen molar-refractivity contribution < 1.29 is 14.3 Å². The average molecular weight is 361 g/mol.